The molecule has 3 aromatic rings. The van der Waals surface area contributed by atoms with Crippen LogP contribution in [0.25, 0.3) is 17.1 Å². The van der Waals surface area contributed by atoms with Crippen molar-refractivity contribution in [2.75, 3.05) is 0 Å². The van der Waals surface area contributed by atoms with Gasteiger partial charge in [-0.25, -0.2) is 19.4 Å². The molecule has 0 saturated carbocycles. The lowest BCUT2D eigenvalue weighted by atomic mass is 10.1. The van der Waals surface area contributed by atoms with Gasteiger partial charge in [0.1, 0.15) is 0 Å². The molecule has 0 saturated heterocycles. The minimum Gasteiger partial charge on any atom is -0.478 e. The fourth-order valence-corrected chi connectivity index (χ4v) is 1.99. The van der Waals surface area contributed by atoms with E-state index in [0.29, 0.717) is 11.6 Å². The normalized spacial score (nSPS) is 10.5. The van der Waals surface area contributed by atoms with Crippen molar-refractivity contribution >= 4 is 5.97 Å². The summed E-state index contributed by atoms with van der Waals surface area (Å²) in [5.74, 6) is -0.691. The maximum absolute atomic E-state index is 11.0. The van der Waals surface area contributed by atoms with Crippen LogP contribution in [0.15, 0.2) is 48.9 Å². The molecule has 0 fully saturated rings. The molecule has 21 heavy (non-hydrogen) atoms. The summed E-state index contributed by atoms with van der Waals surface area (Å²) in [5, 5.41) is 13.2. The van der Waals surface area contributed by atoms with Gasteiger partial charge in [-0.3, -0.25) is 0 Å². The number of rotatable bonds is 3. The van der Waals surface area contributed by atoms with Gasteiger partial charge in [-0.15, -0.1) is 0 Å². The molecule has 1 aromatic carbocycles. The van der Waals surface area contributed by atoms with E-state index in [9.17, 15) is 4.79 Å². The Morgan fingerprint density at radius 1 is 1.14 bits per heavy atom. The molecule has 0 unspecified atom stereocenters. The van der Waals surface area contributed by atoms with E-state index in [1.165, 1.54) is 10.9 Å². The van der Waals surface area contributed by atoms with Crippen LogP contribution in [-0.4, -0.2) is 30.8 Å². The van der Waals surface area contributed by atoms with Crippen molar-refractivity contribution in [2.24, 2.45) is 0 Å². The summed E-state index contributed by atoms with van der Waals surface area (Å²) in [6.07, 6.45) is 4.83. The molecular weight excluding hydrogens is 268 g/mol. The zero-order chi connectivity index (χ0) is 14.8. The highest BCUT2D eigenvalue weighted by Gasteiger charge is 2.11. The molecule has 6 heteroatoms. The topological polar surface area (TPSA) is 80.9 Å². The van der Waals surface area contributed by atoms with Crippen LogP contribution < -0.4 is 0 Å². The van der Waals surface area contributed by atoms with E-state index in [-0.39, 0.29) is 5.56 Å². The van der Waals surface area contributed by atoms with Crippen molar-refractivity contribution in [1.82, 2.24) is 19.7 Å². The van der Waals surface area contributed by atoms with E-state index >= 15 is 0 Å². The van der Waals surface area contributed by atoms with Crippen LogP contribution in [0.5, 0.6) is 0 Å². The molecule has 0 aliphatic heterocycles. The van der Waals surface area contributed by atoms with E-state index in [1.807, 2.05) is 36.5 Å². The molecule has 0 bridgehead atoms. The van der Waals surface area contributed by atoms with Crippen LogP contribution in [0.2, 0.25) is 0 Å². The lowest BCUT2D eigenvalue weighted by Gasteiger charge is -2.03. The van der Waals surface area contributed by atoms with Crippen molar-refractivity contribution < 1.29 is 9.90 Å². The first kappa shape index (κ1) is 13.0. The Kier molecular flexibility index (Phi) is 3.19. The van der Waals surface area contributed by atoms with Crippen LogP contribution in [0.3, 0.4) is 0 Å². The average Bonchev–Trinajstić information content (AvgIpc) is 2.97. The van der Waals surface area contributed by atoms with E-state index in [4.69, 9.17) is 5.11 Å². The Morgan fingerprint density at radius 2 is 1.90 bits per heavy atom. The number of aryl methyl sites for hydroxylation is 1. The maximum atomic E-state index is 11.0. The second-order valence-corrected chi connectivity index (χ2v) is 4.51. The van der Waals surface area contributed by atoms with Gasteiger partial charge in [0, 0.05) is 18.0 Å². The van der Waals surface area contributed by atoms with Gasteiger partial charge in [0.2, 0.25) is 0 Å². The quantitative estimate of drug-likeness (QED) is 0.796. The van der Waals surface area contributed by atoms with Gasteiger partial charge >= 0.3 is 5.97 Å². The molecule has 2 aromatic heterocycles. The zero-order valence-corrected chi connectivity index (χ0v) is 11.3. The standard InChI is InChI=1S/C15H12N4O2/c1-10-13(14(20)21)8-16-15(18-10)19-9-12(7-17-19)11-5-3-2-4-6-11/h2-9H,1H3,(H,20,21). The maximum Gasteiger partial charge on any atom is 0.339 e. The zero-order valence-electron chi connectivity index (χ0n) is 11.3. The Bertz CT molecular complexity index is 796. The third-order valence-corrected chi connectivity index (χ3v) is 3.09. The molecule has 0 radical (unpaired) electrons. The van der Waals surface area contributed by atoms with Crippen LogP contribution in [0.4, 0.5) is 0 Å². The third kappa shape index (κ3) is 2.51. The van der Waals surface area contributed by atoms with Gasteiger partial charge in [0.25, 0.3) is 5.95 Å². The van der Waals surface area contributed by atoms with E-state index < -0.39 is 5.97 Å². The Morgan fingerprint density at radius 3 is 2.57 bits per heavy atom. The second kappa shape index (κ2) is 5.16. The van der Waals surface area contributed by atoms with E-state index in [2.05, 4.69) is 15.1 Å². The number of aromatic nitrogens is 4. The monoisotopic (exact) mass is 280 g/mol. The number of hydrogen-bond acceptors (Lipinski definition) is 4. The highest BCUT2D eigenvalue weighted by Crippen LogP contribution is 2.18. The summed E-state index contributed by atoms with van der Waals surface area (Å²) in [4.78, 5) is 19.2. The lowest BCUT2D eigenvalue weighted by Crippen LogP contribution is -2.08. The second-order valence-electron chi connectivity index (χ2n) is 4.51. The average molecular weight is 280 g/mol. The number of benzene rings is 1. The van der Waals surface area contributed by atoms with Gasteiger partial charge in [-0.1, -0.05) is 30.3 Å². The summed E-state index contributed by atoms with van der Waals surface area (Å²) in [6.45, 7) is 1.64. The fraction of sp³-hybridized carbons (Fsp3) is 0.0667. The van der Waals surface area contributed by atoms with Gasteiger partial charge in [-0.2, -0.15) is 5.10 Å². The third-order valence-electron chi connectivity index (χ3n) is 3.09. The number of nitrogens with zero attached hydrogens (tertiary/aromatic N) is 4. The molecule has 0 aliphatic carbocycles. The minimum absolute atomic E-state index is 0.0918. The highest BCUT2D eigenvalue weighted by molar-refractivity contribution is 5.88. The molecule has 3 rings (SSSR count). The predicted octanol–water partition coefficient (Wildman–Crippen LogP) is 2.34. The van der Waals surface area contributed by atoms with Gasteiger partial charge in [0.05, 0.1) is 17.5 Å². The minimum atomic E-state index is -1.04. The van der Waals surface area contributed by atoms with Crippen LogP contribution in [0.1, 0.15) is 16.1 Å². The number of hydrogen-bond donors (Lipinski definition) is 1. The van der Waals surface area contributed by atoms with Crippen molar-refractivity contribution in [3.05, 3.63) is 60.2 Å². The fourth-order valence-electron chi connectivity index (χ4n) is 1.99. The molecule has 6 nitrogen and oxygen atoms in total. The van der Waals surface area contributed by atoms with Crippen molar-refractivity contribution in [1.29, 1.82) is 0 Å². The SMILES string of the molecule is Cc1nc(-n2cc(-c3ccccc3)cn2)ncc1C(=O)O. The molecule has 0 spiro atoms. The largest absolute Gasteiger partial charge is 0.478 e. The first-order chi connectivity index (χ1) is 10.1. The van der Waals surface area contributed by atoms with Crippen LogP contribution in [0, 0.1) is 6.92 Å². The van der Waals surface area contributed by atoms with Gasteiger partial charge < -0.3 is 5.11 Å². The summed E-state index contributed by atoms with van der Waals surface area (Å²) >= 11 is 0. The first-order valence-corrected chi connectivity index (χ1v) is 6.32. The molecule has 0 aliphatic rings. The lowest BCUT2D eigenvalue weighted by molar-refractivity contribution is 0.0695. The van der Waals surface area contributed by atoms with Crippen molar-refractivity contribution in [3.8, 4) is 17.1 Å². The van der Waals surface area contributed by atoms with Crippen molar-refractivity contribution in [2.45, 2.75) is 6.92 Å². The smallest absolute Gasteiger partial charge is 0.339 e. The van der Waals surface area contributed by atoms with Crippen molar-refractivity contribution in [3.63, 3.8) is 0 Å². The van der Waals surface area contributed by atoms with E-state index in [0.717, 1.165) is 11.1 Å². The predicted molar refractivity (Wildman–Crippen MR) is 76.3 cm³/mol. The highest BCUT2D eigenvalue weighted by atomic mass is 16.4. The summed E-state index contributed by atoms with van der Waals surface area (Å²) < 4.78 is 1.53. The number of carboxylic acids is 1. The van der Waals surface area contributed by atoms with Crippen LogP contribution in [-0.2, 0) is 0 Å². The Hall–Kier alpha value is -3.02. The number of carboxylic acid groups (broad SMARTS) is 1. The Balaban J connectivity index is 1.97. The van der Waals surface area contributed by atoms with Gasteiger partial charge in [0.15, 0.2) is 0 Å². The molecule has 0 amide bonds. The summed E-state index contributed by atoms with van der Waals surface area (Å²) in [5.41, 5.74) is 2.49. The molecule has 2 heterocycles. The Labute approximate surface area is 120 Å². The molecule has 0 atom stereocenters. The molecule has 1 N–H and O–H groups in total. The summed E-state index contributed by atoms with van der Waals surface area (Å²) in [6, 6.07) is 9.83. The van der Waals surface area contributed by atoms with Crippen LogP contribution >= 0.6 is 0 Å². The number of aromatic carboxylic acids is 1. The van der Waals surface area contributed by atoms with E-state index in [1.54, 1.807) is 13.1 Å². The summed E-state index contributed by atoms with van der Waals surface area (Å²) in [7, 11) is 0. The number of carbonyl (C=O) groups is 1. The molecular formula is C15H12N4O2. The van der Waals surface area contributed by atoms with Gasteiger partial charge in [-0.05, 0) is 12.5 Å². The molecule has 104 valence electrons. The first-order valence-electron chi connectivity index (χ1n) is 6.32.